The molecule has 1 amide bonds. The molecule has 3 nitrogen and oxygen atoms in total. The Morgan fingerprint density at radius 2 is 1.75 bits per heavy atom. The van der Waals surface area contributed by atoms with E-state index in [1.165, 1.54) is 5.56 Å². The maximum atomic E-state index is 11.5. The van der Waals surface area contributed by atoms with Crippen molar-refractivity contribution < 1.29 is 4.79 Å². The van der Waals surface area contributed by atoms with Gasteiger partial charge in [-0.2, -0.15) is 0 Å². The molecule has 20 heavy (non-hydrogen) atoms. The van der Waals surface area contributed by atoms with Crippen LogP contribution in [0.5, 0.6) is 0 Å². The first-order chi connectivity index (χ1) is 9.74. The molecule has 1 aliphatic heterocycles. The van der Waals surface area contributed by atoms with Crippen molar-refractivity contribution in [1.29, 1.82) is 0 Å². The van der Waals surface area contributed by atoms with E-state index < -0.39 is 0 Å². The van der Waals surface area contributed by atoms with E-state index in [-0.39, 0.29) is 5.91 Å². The van der Waals surface area contributed by atoms with Gasteiger partial charge in [-0.3, -0.25) is 4.79 Å². The number of hydrogen-bond acceptors (Lipinski definition) is 2. The zero-order valence-corrected chi connectivity index (χ0v) is 11.1. The highest BCUT2D eigenvalue weighted by Gasteiger charge is 2.19. The van der Waals surface area contributed by atoms with Crippen LogP contribution in [-0.2, 0) is 17.8 Å². The summed E-state index contributed by atoms with van der Waals surface area (Å²) in [5.74, 6) is -0.349. The highest BCUT2D eigenvalue weighted by atomic mass is 16.1. The van der Waals surface area contributed by atoms with Gasteiger partial charge in [0.2, 0.25) is 5.91 Å². The van der Waals surface area contributed by atoms with E-state index >= 15 is 0 Å². The summed E-state index contributed by atoms with van der Waals surface area (Å²) in [5, 5.41) is 0. The van der Waals surface area contributed by atoms with Crippen LogP contribution in [0.2, 0.25) is 0 Å². The number of rotatable bonds is 3. The summed E-state index contributed by atoms with van der Waals surface area (Å²) in [7, 11) is 0. The first-order valence-electron chi connectivity index (χ1n) is 6.63. The van der Waals surface area contributed by atoms with E-state index in [0.29, 0.717) is 12.0 Å². The van der Waals surface area contributed by atoms with Crippen molar-refractivity contribution in [3.05, 3.63) is 77.5 Å². The summed E-state index contributed by atoms with van der Waals surface area (Å²) < 4.78 is 0. The van der Waals surface area contributed by atoms with Crippen molar-refractivity contribution in [3.63, 3.8) is 0 Å². The van der Waals surface area contributed by atoms with Crippen molar-refractivity contribution in [1.82, 2.24) is 0 Å². The van der Waals surface area contributed by atoms with Crippen LogP contribution in [0.1, 0.15) is 11.1 Å². The van der Waals surface area contributed by atoms with Gasteiger partial charge in [-0.05, 0) is 17.2 Å². The van der Waals surface area contributed by atoms with Crippen molar-refractivity contribution in [3.8, 4) is 0 Å². The number of hydrogen-bond donors (Lipinski definition) is 1. The van der Waals surface area contributed by atoms with Crippen molar-refractivity contribution in [2.24, 2.45) is 5.73 Å². The Hall–Kier alpha value is -2.55. The van der Waals surface area contributed by atoms with Gasteiger partial charge in [-0.25, -0.2) is 0 Å². The molecule has 0 unspecified atom stereocenters. The second-order valence-electron chi connectivity index (χ2n) is 4.94. The molecule has 1 aliphatic rings. The fourth-order valence-electron chi connectivity index (χ4n) is 2.51. The third-order valence-electron chi connectivity index (χ3n) is 3.51. The highest BCUT2D eigenvalue weighted by molar-refractivity contribution is 5.94. The number of carbonyl (C=O) groups is 1. The third-order valence-corrected chi connectivity index (χ3v) is 3.51. The molecule has 3 rings (SSSR count). The molecule has 3 heteroatoms. The average molecular weight is 264 g/mol. The molecule has 0 bridgehead atoms. The molecule has 0 saturated carbocycles. The molecule has 0 fully saturated rings. The zero-order chi connectivity index (χ0) is 13.9. The summed E-state index contributed by atoms with van der Waals surface area (Å²) in [4.78, 5) is 13.6. The van der Waals surface area contributed by atoms with E-state index in [9.17, 15) is 4.79 Å². The van der Waals surface area contributed by atoms with Gasteiger partial charge in [-0.1, -0.05) is 48.5 Å². The molecule has 2 aromatic rings. The zero-order valence-electron chi connectivity index (χ0n) is 11.1. The van der Waals surface area contributed by atoms with Gasteiger partial charge in [0, 0.05) is 30.4 Å². The molecule has 0 spiro atoms. The smallest absolute Gasteiger partial charge is 0.246 e. The number of nitrogens with zero attached hydrogens (tertiary/aromatic N) is 1. The van der Waals surface area contributed by atoms with Crippen molar-refractivity contribution >= 4 is 11.6 Å². The number of benzene rings is 2. The lowest BCUT2D eigenvalue weighted by Gasteiger charge is -2.28. The molecular formula is C17H16N2O. The topological polar surface area (TPSA) is 46.3 Å². The maximum Gasteiger partial charge on any atom is 0.246 e. The van der Waals surface area contributed by atoms with Gasteiger partial charge in [0.1, 0.15) is 0 Å². The van der Waals surface area contributed by atoms with E-state index in [0.717, 1.165) is 17.8 Å². The molecule has 0 saturated heterocycles. The fraction of sp³-hybridized carbons (Fsp3) is 0.118. The molecule has 0 atom stereocenters. The Bertz CT molecular complexity index is 662. The van der Waals surface area contributed by atoms with Gasteiger partial charge < -0.3 is 10.6 Å². The van der Waals surface area contributed by atoms with E-state index in [4.69, 9.17) is 5.73 Å². The maximum absolute atomic E-state index is 11.5. The Labute approximate surface area is 118 Å². The van der Waals surface area contributed by atoms with Crippen LogP contribution in [-0.4, -0.2) is 5.91 Å². The second-order valence-corrected chi connectivity index (χ2v) is 4.94. The van der Waals surface area contributed by atoms with Crippen LogP contribution >= 0.6 is 0 Å². The van der Waals surface area contributed by atoms with Crippen LogP contribution in [0.15, 0.2) is 66.4 Å². The van der Waals surface area contributed by atoms with Crippen LogP contribution < -0.4 is 10.6 Å². The van der Waals surface area contributed by atoms with E-state index in [1.54, 1.807) is 0 Å². The summed E-state index contributed by atoms with van der Waals surface area (Å²) in [6, 6.07) is 18.3. The van der Waals surface area contributed by atoms with Crippen LogP contribution in [0, 0.1) is 0 Å². The first-order valence-corrected chi connectivity index (χ1v) is 6.63. The lowest BCUT2D eigenvalue weighted by atomic mass is 9.98. The first kappa shape index (κ1) is 12.5. The Balaban J connectivity index is 1.97. The normalized spacial score (nSPS) is 13.6. The highest BCUT2D eigenvalue weighted by Crippen LogP contribution is 2.29. The van der Waals surface area contributed by atoms with Gasteiger partial charge in [0.05, 0.1) is 0 Å². The SMILES string of the molecule is NC(=O)C1=CN(Cc2ccccc2)c2ccccc2C1. The van der Waals surface area contributed by atoms with Gasteiger partial charge in [0.15, 0.2) is 0 Å². The average Bonchev–Trinajstić information content (AvgIpc) is 2.48. The quantitative estimate of drug-likeness (QED) is 0.926. The summed E-state index contributed by atoms with van der Waals surface area (Å²) in [6.45, 7) is 0.731. The third kappa shape index (κ3) is 2.43. The standard InChI is InChI=1S/C17H16N2O/c18-17(20)15-10-14-8-4-5-9-16(14)19(12-15)11-13-6-2-1-3-7-13/h1-9,12H,10-11H2,(H2,18,20). The lowest BCUT2D eigenvalue weighted by molar-refractivity contribution is -0.114. The Morgan fingerprint density at radius 3 is 2.50 bits per heavy atom. The minimum Gasteiger partial charge on any atom is -0.366 e. The molecule has 100 valence electrons. The molecule has 2 aromatic carbocycles. The second kappa shape index (κ2) is 5.21. The Kier molecular flexibility index (Phi) is 3.25. The monoisotopic (exact) mass is 264 g/mol. The molecule has 0 aliphatic carbocycles. The van der Waals surface area contributed by atoms with E-state index in [2.05, 4.69) is 23.1 Å². The summed E-state index contributed by atoms with van der Waals surface area (Å²) in [5.41, 5.74) is 9.58. The molecule has 0 aromatic heterocycles. The number of carbonyl (C=O) groups excluding carboxylic acids is 1. The van der Waals surface area contributed by atoms with Crippen molar-refractivity contribution in [2.45, 2.75) is 13.0 Å². The lowest BCUT2D eigenvalue weighted by Crippen LogP contribution is -2.27. The van der Waals surface area contributed by atoms with Crippen molar-refractivity contribution in [2.75, 3.05) is 4.90 Å². The molecular weight excluding hydrogens is 248 g/mol. The predicted molar refractivity (Wildman–Crippen MR) is 80.0 cm³/mol. The minimum absolute atomic E-state index is 0.349. The van der Waals surface area contributed by atoms with Crippen LogP contribution in [0.3, 0.4) is 0 Å². The largest absolute Gasteiger partial charge is 0.366 e. The molecule has 0 radical (unpaired) electrons. The number of nitrogens with two attached hydrogens (primary N) is 1. The van der Waals surface area contributed by atoms with Gasteiger partial charge in [-0.15, -0.1) is 0 Å². The van der Waals surface area contributed by atoms with Crippen LogP contribution in [0.4, 0.5) is 5.69 Å². The minimum atomic E-state index is -0.349. The Morgan fingerprint density at radius 1 is 1.05 bits per heavy atom. The van der Waals surface area contributed by atoms with Crippen LogP contribution in [0.25, 0.3) is 0 Å². The summed E-state index contributed by atoms with van der Waals surface area (Å²) in [6.07, 6.45) is 2.48. The van der Waals surface area contributed by atoms with Gasteiger partial charge in [0.25, 0.3) is 0 Å². The fourth-order valence-corrected chi connectivity index (χ4v) is 2.51. The summed E-state index contributed by atoms with van der Waals surface area (Å²) >= 11 is 0. The molecule has 2 N–H and O–H groups in total. The predicted octanol–water partition coefficient (Wildman–Crippen LogP) is 2.62. The number of fused-ring (bicyclic) bond motifs is 1. The number of para-hydroxylation sites is 1. The number of primary amides is 1. The van der Waals surface area contributed by atoms with E-state index in [1.807, 2.05) is 42.6 Å². The number of amides is 1. The number of anilines is 1. The van der Waals surface area contributed by atoms with Gasteiger partial charge >= 0.3 is 0 Å². The molecule has 1 heterocycles.